The SMILES string of the molecule is Cc1cc(Cc2ccc(S(=O)(=O)N(C)CC(=O)Nc3ccc(F)c(Cl)c3)cc2)c(=O)[nH]n1. The predicted octanol–water partition coefficient (Wildman–Crippen LogP) is 2.72. The Labute approximate surface area is 189 Å². The first-order valence-electron chi connectivity index (χ1n) is 9.41. The molecule has 0 aliphatic heterocycles. The van der Waals surface area contributed by atoms with Gasteiger partial charge in [0.1, 0.15) is 5.82 Å². The molecule has 0 bridgehead atoms. The van der Waals surface area contributed by atoms with E-state index in [4.69, 9.17) is 11.6 Å². The molecule has 2 aromatic carbocycles. The average molecular weight is 479 g/mol. The molecule has 0 aliphatic rings. The molecule has 1 amide bonds. The number of aromatic amines is 1. The van der Waals surface area contributed by atoms with E-state index in [0.29, 0.717) is 17.7 Å². The van der Waals surface area contributed by atoms with Crippen molar-refractivity contribution >= 4 is 33.2 Å². The van der Waals surface area contributed by atoms with Crippen LogP contribution in [0, 0.1) is 12.7 Å². The fourth-order valence-electron chi connectivity index (χ4n) is 2.93. The van der Waals surface area contributed by atoms with E-state index < -0.39 is 28.3 Å². The molecular formula is C21H20ClFN4O4S. The molecule has 0 aliphatic carbocycles. The quantitative estimate of drug-likeness (QED) is 0.542. The van der Waals surface area contributed by atoms with Gasteiger partial charge >= 0.3 is 0 Å². The summed E-state index contributed by atoms with van der Waals surface area (Å²) in [5.41, 5.74) is 1.87. The van der Waals surface area contributed by atoms with Crippen LogP contribution in [0.3, 0.4) is 0 Å². The predicted molar refractivity (Wildman–Crippen MR) is 119 cm³/mol. The lowest BCUT2D eigenvalue weighted by atomic mass is 10.1. The third kappa shape index (κ3) is 5.58. The molecule has 8 nitrogen and oxygen atoms in total. The van der Waals surface area contributed by atoms with Crippen molar-refractivity contribution in [1.82, 2.24) is 14.5 Å². The number of halogens is 2. The molecule has 3 rings (SSSR count). The van der Waals surface area contributed by atoms with Gasteiger partial charge in [0.15, 0.2) is 0 Å². The maximum Gasteiger partial charge on any atom is 0.267 e. The monoisotopic (exact) mass is 478 g/mol. The van der Waals surface area contributed by atoms with Gasteiger partial charge in [0, 0.05) is 24.7 Å². The van der Waals surface area contributed by atoms with Gasteiger partial charge in [-0.3, -0.25) is 9.59 Å². The van der Waals surface area contributed by atoms with Crippen LogP contribution < -0.4 is 10.9 Å². The maximum atomic E-state index is 13.2. The van der Waals surface area contributed by atoms with Gasteiger partial charge in [-0.1, -0.05) is 23.7 Å². The number of H-pyrrole nitrogens is 1. The molecule has 0 radical (unpaired) electrons. The van der Waals surface area contributed by atoms with Crippen LogP contribution in [-0.4, -0.2) is 42.4 Å². The largest absolute Gasteiger partial charge is 0.325 e. The second-order valence-corrected chi connectivity index (χ2v) is 9.57. The first-order valence-corrected chi connectivity index (χ1v) is 11.2. The zero-order valence-corrected chi connectivity index (χ0v) is 18.8. The number of aryl methyl sites for hydroxylation is 1. The highest BCUT2D eigenvalue weighted by Crippen LogP contribution is 2.20. The summed E-state index contributed by atoms with van der Waals surface area (Å²) < 4.78 is 39.7. The molecule has 0 unspecified atom stereocenters. The number of nitrogens with zero attached hydrogens (tertiary/aromatic N) is 2. The number of anilines is 1. The molecule has 2 N–H and O–H groups in total. The minimum absolute atomic E-state index is 0.00111. The number of sulfonamides is 1. The first kappa shape index (κ1) is 23.6. The van der Waals surface area contributed by atoms with E-state index >= 15 is 0 Å². The summed E-state index contributed by atoms with van der Waals surface area (Å²) in [5.74, 6) is -1.24. The molecule has 11 heteroatoms. The molecule has 0 saturated heterocycles. The van der Waals surface area contributed by atoms with Gasteiger partial charge < -0.3 is 5.32 Å². The van der Waals surface area contributed by atoms with Gasteiger partial charge in [-0.25, -0.2) is 17.9 Å². The van der Waals surface area contributed by atoms with Crippen LogP contribution in [0.1, 0.15) is 16.8 Å². The van der Waals surface area contributed by atoms with Crippen LogP contribution in [0.2, 0.25) is 5.02 Å². The number of nitrogens with one attached hydrogen (secondary N) is 2. The number of carbonyl (C=O) groups is 1. The Kier molecular flexibility index (Phi) is 7.07. The smallest absolute Gasteiger partial charge is 0.267 e. The third-order valence-electron chi connectivity index (χ3n) is 4.60. The number of rotatable bonds is 7. The molecule has 3 aromatic rings. The number of aromatic nitrogens is 2. The number of benzene rings is 2. The molecule has 32 heavy (non-hydrogen) atoms. The van der Waals surface area contributed by atoms with Crippen LogP contribution in [0.5, 0.6) is 0 Å². The normalized spacial score (nSPS) is 11.5. The van der Waals surface area contributed by atoms with Gasteiger partial charge in [-0.2, -0.15) is 9.40 Å². The highest BCUT2D eigenvalue weighted by Gasteiger charge is 2.23. The summed E-state index contributed by atoms with van der Waals surface area (Å²) in [4.78, 5) is 24.1. The summed E-state index contributed by atoms with van der Waals surface area (Å²) >= 11 is 5.68. The van der Waals surface area contributed by atoms with Crippen molar-refractivity contribution in [3.05, 3.63) is 86.5 Å². The van der Waals surface area contributed by atoms with Gasteiger partial charge in [-0.15, -0.1) is 0 Å². The van der Waals surface area contributed by atoms with Crippen LogP contribution in [0.25, 0.3) is 0 Å². The lowest BCUT2D eigenvalue weighted by molar-refractivity contribution is -0.116. The Hall–Kier alpha value is -3.08. The second-order valence-electron chi connectivity index (χ2n) is 7.12. The zero-order chi connectivity index (χ0) is 23.5. The van der Waals surface area contributed by atoms with Crippen molar-refractivity contribution in [1.29, 1.82) is 0 Å². The van der Waals surface area contributed by atoms with Gasteiger partial charge in [0.25, 0.3) is 5.56 Å². The van der Waals surface area contributed by atoms with Crippen molar-refractivity contribution in [2.75, 3.05) is 18.9 Å². The number of hydrogen-bond donors (Lipinski definition) is 2. The van der Waals surface area contributed by atoms with Gasteiger partial charge in [-0.05, 0) is 48.9 Å². The number of carbonyl (C=O) groups excluding carboxylic acids is 1. The van der Waals surface area contributed by atoms with Crippen molar-refractivity contribution in [3.8, 4) is 0 Å². The van der Waals surface area contributed by atoms with Gasteiger partial charge in [0.2, 0.25) is 15.9 Å². The number of amides is 1. The summed E-state index contributed by atoms with van der Waals surface area (Å²) in [5, 5.41) is 8.55. The van der Waals surface area contributed by atoms with Crippen molar-refractivity contribution in [2.24, 2.45) is 0 Å². The highest BCUT2D eigenvalue weighted by molar-refractivity contribution is 7.89. The third-order valence-corrected chi connectivity index (χ3v) is 6.71. The van der Waals surface area contributed by atoms with E-state index in [1.807, 2.05) is 0 Å². The Morgan fingerprint density at radius 1 is 1.19 bits per heavy atom. The Morgan fingerprint density at radius 3 is 2.53 bits per heavy atom. The molecule has 1 heterocycles. The molecular weight excluding hydrogens is 459 g/mol. The number of likely N-dealkylation sites (N-methyl/N-ethyl adjacent to an activating group) is 1. The Balaban J connectivity index is 1.68. The summed E-state index contributed by atoms with van der Waals surface area (Å²) in [6, 6.07) is 11.4. The van der Waals surface area contributed by atoms with Crippen molar-refractivity contribution < 1.29 is 17.6 Å². The van der Waals surface area contributed by atoms with Crippen LogP contribution in [0.15, 0.2) is 58.2 Å². The lowest BCUT2D eigenvalue weighted by Gasteiger charge is -2.17. The second kappa shape index (κ2) is 9.60. The summed E-state index contributed by atoms with van der Waals surface area (Å²) in [6.07, 6.45) is 0.317. The van der Waals surface area contributed by atoms with E-state index in [0.717, 1.165) is 15.9 Å². The number of hydrogen-bond acceptors (Lipinski definition) is 5. The zero-order valence-electron chi connectivity index (χ0n) is 17.2. The molecule has 0 atom stereocenters. The topological polar surface area (TPSA) is 112 Å². The van der Waals surface area contributed by atoms with Crippen molar-refractivity contribution in [3.63, 3.8) is 0 Å². The van der Waals surface area contributed by atoms with Gasteiger partial charge in [0.05, 0.1) is 22.2 Å². The molecule has 0 saturated carbocycles. The van der Waals surface area contributed by atoms with E-state index in [-0.39, 0.29) is 21.2 Å². The van der Waals surface area contributed by atoms with Crippen molar-refractivity contribution in [2.45, 2.75) is 18.2 Å². The summed E-state index contributed by atoms with van der Waals surface area (Å²) in [7, 11) is -2.66. The van der Waals surface area contributed by atoms with Crippen LogP contribution in [-0.2, 0) is 21.2 Å². The Morgan fingerprint density at radius 2 is 1.88 bits per heavy atom. The van der Waals surface area contributed by atoms with E-state index in [1.54, 1.807) is 25.1 Å². The van der Waals surface area contributed by atoms with E-state index in [9.17, 15) is 22.4 Å². The molecule has 0 fully saturated rings. The molecule has 168 valence electrons. The van der Waals surface area contributed by atoms with Crippen LogP contribution in [0.4, 0.5) is 10.1 Å². The highest BCUT2D eigenvalue weighted by atomic mass is 35.5. The minimum Gasteiger partial charge on any atom is -0.325 e. The molecule has 1 aromatic heterocycles. The summed E-state index contributed by atoms with van der Waals surface area (Å²) in [6.45, 7) is 1.30. The molecule has 0 spiro atoms. The van der Waals surface area contributed by atoms with E-state index in [2.05, 4.69) is 15.5 Å². The lowest BCUT2D eigenvalue weighted by Crippen LogP contribution is -2.35. The first-order chi connectivity index (χ1) is 15.1. The fraction of sp³-hybridized carbons (Fsp3) is 0.190. The minimum atomic E-state index is -3.94. The maximum absolute atomic E-state index is 13.2. The average Bonchev–Trinajstić information content (AvgIpc) is 2.73. The standard InChI is InChI=1S/C21H20ClFN4O4S/c1-13-9-15(21(29)26-25-13)10-14-3-6-17(7-4-14)32(30,31)27(2)12-20(28)24-16-5-8-19(23)18(22)11-16/h3-9,11H,10,12H2,1-2H3,(H,24,28)(H,26,29). The van der Waals surface area contributed by atoms with E-state index in [1.165, 1.54) is 31.3 Å². The Bertz CT molecular complexity index is 1310. The van der Waals surface area contributed by atoms with Crippen LogP contribution >= 0.6 is 11.6 Å². The fourth-order valence-corrected chi connectivity index (χ4v) is 4.24.